The Labute approximate surface area is 152 Å². The number of aliphatic hydroxyl groups excluding tert-OH is 1. The molecule has 0 saturated carbocycles. The third-order valence-electron chi connectivity index (χ3n) is 3.32. The molecule has 2 rings (SSSR count). The lowest BCUT2D eigenvalue weighted by Crippen LogP contribution is -2.21. The fourth-order valence-electron chi connectivity index (χ4n) is 2.10. The molecule has 0 aliphatic carbocycles. The summed E-state index contributed by atoms with van der Waals surface area (Å²) in [6, 6.07) is 14.1. The summed E-state index contributed by atoms with van der Waals surface area (Å²) in [5.74, 6) is 0.743. The minimum absolute atomic E-state index is 0. The topological polar surface area (TPSA) is 96.7 Å². The number of ether oxygens (including phenoxy) is 1. The third kappa shape index (κ3) is 7.38. The standard InChI is InChI=1S/C17H21N3O4.ClH/c21-11-12-24-17-7-1-14(2-8-17)13-18-9-10-19-15-3-5-16(6-4-15)20(22)23;/h1-8,18-19,21H,9-13H2;1H. The van der Waals surface area contributed by atoms with Crippen LogP contribution in [0.4, 0.5) is 11.4 Å². The number of hydrogen-bond donors (Lipinski definition) is 3. The van der Waals surface area contributed by atoms with Crippen molar-refractivity contribution in [3.8, 4) is 5.75 Å². The number of nitro groups is 1. The van der Waals surface area contributed by atoms with Gasteiger partial charge in [-0.25, -0.2) is 0 Å². The average Bonchev–Trinajstić information content (AvgIpc) is 2.61. The van der Waals surface area contributed by atoms with Crippen LogP contribution in [0.5, 0.6) is 5.75 Å². The van der Waals surface area contributed by atoms with E-state index in [4.69, 9.17) is 9.84 Å². The van der Waals surface area contributed by atoms with Crippen molar-refractivity contribution < 1.29 is 14.8 Å². The van der Waals surface area contributed by atoms with Gasteiger partial charge < -0.3 is 20.5 Å². The number of benzene rings is 2. The molecule has 0 aliphatic heterocycles. The minimum atomic E-state index is -0.411. The molecular weight excluding hydrogens is 346 g/mol. The molecule has 25 heavy (non-hydrogen) atoms. The van der Waals surface area contributed by atoms with Gasteiger partial charge in [-0.05, 0) is 29.8 Å². The van der Waals surface area contributed by atoms with Crippen molar-refractivity contribution in [1.29, 1.82) is 0 Å². The van der Waals surface area contributed by atoms with Gasteiger partial charge in [0.15, 0.2) is 0 Å². The Morgan fingerprint density at radius 1 is 1.04 bits per heavy atom. The van der Waals surface area contributed by atoms with E-state index in [2.05, 4.69) is 10.6 Å². The number of rotatable bonds is 10. The number of aliphatic hydroxyl groups is 1. The summed E-state index contributed by atoms with van der Waals surface area (Å²) in [5, 5.41) is 25.8. The first-order chi connectivity index (χ1) is 11.7. The van der Waals surface area contributed by atoms with Crippen LogP contribution in [0.25, 0.3) is 0 Å². The van der Waals surface area contributed by atoms with Crippen molar-refractivity contribution in [2.24, 2.45) is 0 Å². The molecule has 0 amide bonds. The van der Waals surface area contributed by atoms with E-state index < -0.39 is 4.92 Å². The molecule has 0 radical (unpaired) electrons. The summed E-state index contributed by atoms with van der Waals surface area (Å²) in [4.78, 5) is 10.2. The largest absolute Gasteiger partial charge is 0.491 e. The molecule has 7 nitrogen and oxygen atoms in total. The fraction of sp³-hybridized carbons (Fsp3) is 0.294. The first-order valence-electron chi connectivity index (χ1n) is 7.70. The molecule has 3 N–H and O–H groups in total. The van der Waals surface area contributed by atoms with Gasteiger partial charge in [0.1, 0.15) is 12.4 Å². The average molecular weight is 368 g/mol. The summed E-state index contributed by atoms with van der Waals surface area (Å²) in [5.41, 5.74) is 2.08. The Balaban J connectivity index is 0.00000312. The molecule has 136 valence electrons. The number of nitrogens with one attached hydrogen (secondary N) is 2. The van der Waals surface area contributed by atoms with Crippen LogP contribution in [0.3, 0.4) is 0 Å². The Morgan fingerprint density at radius 3 is 2.32 bits per heavy atom. The van der Waals surface area contributed by atoms with Crippen molar-refractivity contribution in [1.82, 2.24) is 5.32 Å². The number of nitrogens with zero attached hydrogens (tertiary/aromatic N) is 1. The Kier molecular flexibility index (Phi) is 9.31. The first kappa shape index (κ1) is 20.7. The molecule has 0 aliphatic rings. The van der Waals surface area contributed by atoms with Crippen LogP contribution >= 0.6 is 12.4 Å². The van der Waals surface area contributed by atoms with E-state index in [0.29, 0.717) is 6.61 Å². The van der Waals surface area contributed by atoms with E-state index in [1.165, 1.54) is 12.1 Å². The predicted octanol–water partition coefficient (Wildman–Crippen LogP) is 2.59. The molecule has 0 spiro atoms. The summed E-state index contributed by atoms with van der Waals surface area (Å²) >= 11 is 0. The zero-order valence-corrected chi connectivity index (χ0v) is 14.5. The van der Waals surface area contributed by atoms with Crippen molar-refractivity contribution in [3.63, 3.8) is 0 Å². The van der Waals surface area contributed by atoms with Crippen LogP contribution in [0.15, 0.2) is 48.5 Å². The van der Waals surface area contributed by atoms with Gasteiger partial charge in [-0.2, -0.15) is 0 Å². The van der Waals surface area contributed by atoms with E-state index in [0.717, 1.165) is 36.6 Å². The molecule has 0 heterocycles. The van der Waals surface area contributed by atoms with Gasteiger partial charge >= 0.3 is 0 Å². The van der Waals surface area contributed by atoms with Gasteiger partial charge in [-0.1, -0.05) is 12.1 Å². The van der Waals surface area contributed by atoms with Crippen LogP contribution < -0.4 is 15.4 Å². The minimum Gasteiger partial charge on any atom is -0.491 e. The lowest BCUT2D eigenvalue weighted by molar-refractivity contribution is -0.384. The van der Waals surface area contributed by atoms with Gasteiger partial charge in [0.25, 0.3) is 5.69 Å². The quantitative estimate of drug-likeness (QED) is 0.339. The maximum atomic E-state index is 10.6. The van der Waals surface area contributed by atoms with E-state index in [1.807, 2.05) is 24.3 Å². The lowest BCUT2D eigenvalue weighted by atomic mass is 10.2. The van der Waals surface area contributed by atoms with Crippen molar-refractivity contribution in [2.45, 2.75) is 6.54 Å². The van der Waals surface area contributed by atoms with E-state index in [9.17, 15) is 10.1 Å². The second-order valence-corrected chi connectivity index (χ2v) is 5.12. The fourth-order valence-corrected chi connectivity index (χ4v) is 2.10. The van der Waals surface area contributed by atoms with E-state index in [1.54, 1.807) is 12.1 Å². The van der Waals surface area contributed by atoms with Gasteiger partial charge in [-0.15, -0.1) is 12.4 Å². The smallest absolute Gasteiger partial charge is 0.269 e. The van der Waals surface area contributed by atoms with Crippen molar-refractivity contribution in [2.75, 3.05) is 31.6 Å². The molecule has 0 unspecified atom stereocenters. The zero-order valence-electron chi connectivity index (χ0n) is 13.7. The number of halogens is 1. The SMILES string of the molecule is Cl.O=[N+]([O-])c1ccc(NCCNCc2ccc(OCCO)cc2)cc1. The highest BCUT2D eigenvalue weighted by Crippen LogP contribution is 2.15. The van der Waals surface area contributed by atoms with Crippen LogP contribution in [-0.4, -0.2) is 36.3 Å². The number of nitro benzene ring substituents is 1. The van der Waals surface area contributed by atoms with Crippen molar-refractivity contribution >= 4 is 23.8 Å². The van der Waals surface area contributed by atoms with Gasteiger partial charge in [0, 0.05) is 37.5 Å². The zero-order chi connectivity index (χ0) is 17.2. The highest BCUT2D eigenvalue weighted by atomic mass is 35.5. The first-order valence-corrected chi connectivity index (χ1v) is 7.70. The highest BCUT2D eigenvalue weighted by molar-refractivity contribution is 5.85. The van der Waals surface area contributed by atoms with Crippen LogP contribution in [-0.2, 0) is 6.54 Å². The van der Waals surface area contributed by atoms with Crippen LogP contribution in [0.1, 0.15) is 5.56 Å². The van der Waals surface area contributed by atoms with Gasteiger partial charge in [0.2, 0.25) is 0 Å². The van der Waals surface area contributed by atoms with Crippen LogP contribution in [0, 0.1) is 10.1 Å². The monoisotopic (exact) mass is 367 g/mol. The molecule has 2 aromatic carbocycles. The maximum Gasteiger partial charge on any atom is 0.269 e. The third-order valence-corrected chi connectivity index (χ3v) is 3.32. The molecule has 0 bridgehead atoms. The Hall–Kier alpha value is -2.35. The Bertz CT molecular complexity index is 635. The number of non-ortho nitro benzene ring substituents is 1. The van der Waals surface area contributed by atoms with Crippen LogP contribution in [0.2, 0.25) is 0 Å². The normalized spacial score (nSPS) is 9.96. The second-order valence-electron chi connectivity index (χ2n) is 5.12. The number of hydrogen-bond acceptors (Lipinski definition) is 6. The van der Waals surface area contributed by atoms with Crippen molar-refractivity contribution in [3.05, 3.63) is 64.2 Å². The van der Waals surface area contributed by atoms with E-state index >= 15 is 0 Å². The van der Waals surface area contributed by atoms with Gasteiger partial charge in [-0.3, -0.25) is 10.1 Å². The van der Waals surface area contributed by atoms with Gasteiger partial charge in [0.05, 0.1) is 11.5 Å². The lowest BCUT2D eigenvalue weighted by Gasteiger charge is -2.09. The maximum absolute atomic E-state index is 10.6. The predicted molar refractivity (Wildman–Crippen MR) is 99.6 cm³/mol. The molecule has 0 saturated heterocycles. The number of anilines is 1. The molecule has 2 aromatic rings. The second kappa shape index (κ2) is 11.2. The molecule has 0 fully saturated rings. The van der Waals surface area contributed by atoms with E-state index in [-0.39, 0.29) is 24.7 Å². The summed E-state index contributed by atoms with van der Waals surface area (Å²) in [7, 11) is 0. The Morgan fingerprint density at radius 2 is 1.72 bits per heavy atom. The highest BCUT2D eigenvalue weighted by Gasteiger charge is 2.03. The molecule has 8 heteroatoms. The summed E-state index contributed by atoms with van der Waals surface area (Å²) < 4.78 is 5.30. The summed E-state index contributed by atoms with van der Waals surface area (Å²) in [6.45, 7) is 2.52. The molecule has 0 aromatic heterocycles. The summed E-state index contributed by atoms with van der Waals surface area (Å²) in [6.07, 6.45) is 0. The molecule has 0 atom stereocenters. The molecular formula is C17H22ClN3O4.